The zero-order valence-corrected chi connectivity index (χ0v) is 17.5. The Morgan fingerprint density at radius 2 is 1.86 bits per heavy atom. The smallest absolute Gasteiger partial charge is 0.309 e. The zero-order valence-electron chi connectivity index (χ0n) is 15.8. The molecule has 14 heteroatoms. The molecule has 0 radical (unpaired) electrons. The highest BCUT2D eigenvalue weighted by Crippen LogP contribution is 2.54. The van der Waals surface area contributed by atoms with E-state index in [-0.39, 0.29) is 24.5 Å². The van der Waals surface area contributed by atoms with E-state index in [0.717, 1.165) is 4.57 Å². The van der Waals surface area contributed by atoms with Crippen molar-refractivity contribution in [1.82, 2.24) is 14.6 Å². The highest BCUT2D eigenvalue weighted by atomic mass is 32.1. The molecule has 1 aliphatic heterocycles. The molecule has 0 saturated heterocycles. The van der Waals surface area contributed by atoms with Crippen LogP contribution in [0.15, 0.2) is 16.9 Å². The van der Waals surface area contributed by atoms with Gasteiger partial charge in [0.1, 0.15) is 5.82 Å². The van der Waals surface area contributed by atoms with Crippen LogP contribution in [0, 0.1) is 4.77 Å². The number of halogens is 3. The number of H-pyrrole nitrogens is 1. The molecule has 2 rings (SSSR count). The number of alkyl halides is 3. The second kappa shape index (κ2) is 8.15. The van der Waals surface area contributed by atoms with Crippen LogP contribution in [0.5, 0.6) is 0 Å². The van der Waals surface area contributed by atoms with Gasteiger partial charge in [0.2, 0.25) is 5.54 Å². The monoisotopic (exact) mass is 456 g/mol. The summed E-state index contributed by atoms with van der Waals surface area (Å²) < 4.78 is 66.2. The number of allylic oxidation sites excluding steroid dienone is 1. The van der Waals surface area contributed by atoms with E-state index in [1.165, 1.54) is 13.8 Å². The second-order valence-corrected chi connectivity index (χ2v) is 8.29. The number of nitrogens with one attached hydrogen (secondary N) is 3. The number of rotatable bonds is 8. The fraction of sp³-hybridized carbons (Fsp3) is 0.533. The number of aromatic amines is 1. The van der Waals surface area contributed by atoms with Crippen LogP contribution >= 0.6 is 20.0 Å². The molecule has 162 valence electrons. The average Bonchev–Trinajstić information content (AvgIpc) is 2.85. The van der Waals surface area contributed by atoms with Gasteiger partial charge in [-0.2, -0.15) is 18.3 Å². The van der Waals surface area contributed by atoms with Crippen molar-refractivity contribution in [1.29, 1.82) is 0 Å². The molecule has 0 bridgehead atoms. The predicted octanol–water partition coefficient (Wildman–Crippen LogP) is 2.96. The summed E-state index contributed by atoms with van der Waals surface area (Å²) >= 11 is 5.01. The van der Waals surface area contributed by atoms with Crippen LogP contribution < -0.4 is 16.0 Å². The molecule has 0 aliphatic carbocycles. The number of nitrogens with zero attached hydrogens (tertiary/aromatic N) is 1. The molecule has 0 spiro atoms. The molecule has 1 aliphatic rings. The standard InChI is InChI=1S/C15H20F3N4O5PS/c1-5-26-28(25,27-6-2)21-14(15(16,17)18)9-10(19-12(14)24)22(7-8(3)4)13(29)20-11(9)23/h3,5-7H2,1-2,4H3,(H,19,24)(H,21,25)(H,20,23,29). The quantitative estimate of drug-likeness (QED) is 0.313. The fourth-order valence-electron chi connectivity index (χ4n) is 2.87. The predicted molar refractivity (Wildman–Crippen MR) is 101 cm³/mol. The summed E-state index contributed by atoms with van der Waals surface area (Å²) in [5.41, 5.74) is -5.50. The third-order valence-corrected chi connectivity index (χ3v) is 6.03. The number of carbonyl (C=O) groups excluding carboxylic acids is 1. The first-order valence-electron chi connectivity index (χ1n) is 8.41. The Labute approximate surface area is 168 Å². The number of hydrogen-bond acceptors (Lipinski definition) is 6. The Hall–Kier alpha value is -1.79. The number of carbonyl (C=O) groups is 1. The lowest BCUT2D eigenvalue weighted by molar-refractivity contribution is -0.195. The Kier molecular flexibility index (Phi) is 6.60. The SMILES string of the molecule is C=C(C)Cn1c2c(c(=O)[nH]c1=S)C(NP(=O)(OCC)OCC)(C(F)(F)F)C(=O)N2. The highest BCUT2D eigenvalue weighted by Gasteiger charge is 2.70. The summed E-state index contributed by atoms with van der Waals surface area (Å²) in [6.07, 6.45) is -5.39. The van der Waals surface area contributed by atoms with Crippen molar-refractivity contribution < 1.29 is 31.6 Å². The van der Waals surface area contributed by atoms with Crippen molar-refractivity contribution >= 4 is 31.7 Å². The number of fused-ring (bicyclic) bond motifs is 1. The van der Waals surface area contributed by atoms with E-state index in [9.17, 15) is 27.3 Å². The van der Waals surface area contributed by atoms with Crippen LogP contribution in [-0.4, -0.2) is 34.8 Å². The Balaban J connectivity index is 2.86. The Morgan fingerprint density at radius 1 is 1.31 bits per heavy atom. The maximum Gasteiger partial charge on any atom is 0.420 e. The van der Waals surface area contributed by atoms with E-state index < -0.39 is 42.3 Å². The summed E-state index contributed by atoms with van der Waals surface area (Å²) in [5, 5.41) is 3.72. The van der Waals surface area contributed by atoms with Crippen molar-refractivity contribution in [3.63, 3.8) is 0 Å². The van der Waals surface area contributed by atoms with Gasteiger partial charge in [-0.3, -0.25) is 23.6 Å². The number of anilines is 1. The second-order valence-electron chi connectivity index (χ2n) is 6.17. The third-order valence-electron chi connectivity index (χ3n) is 3.90. The van der Waals surface area contributed by atoms with Crippen molar-refractivity contribution in [2.75, 3.05) is 18.5 Å². The van der Waals surface area contributed by atoms with Gasteiger partial charge in [0.25, 0.3) is 11.5 Å². The molecular weight excluding hydrogens is 436 g/mol. The lowest BCUT2D eigenvalue weighted by Crippen LogP contribution is -2.59. The third kappa shape index (κ3) is 4.10. The maximum absolute atomic E-state index is 14.3. The van der Waals surface area contributed by atoms with Gasteiger partial charge in [-0.1, -0.05) is 12.2 Å². The number of aromatic nitrogens is 2. The average molecular weight is 456 g/mol. The van der Waals surface area contributed by atoms with Crippen LogP contribution in [0.2, 0.25) is 0 Å². The lowest BCUT2D eigenvalue weighted by atomic mass is 9.94. The van der Waals surface area contributed by atoms with E-state index in [1.54, 1.807) is 12.0 Å². The molecular formula is C15H20F3N4O5PS. The first kappa shape index (κ1) is 23.5. The van der Waals surface area contributed by atoms with Gasteiger partial charge in [0, 0.05) is 6.54 Å². The summed E-state index contributed by atoms with van der Waals surface area (Å²) in [4.78, 5) is 27.3. The van der Waals surface area contributed by atoms with Crippen LogP contribution in [0.3, 0.4) is 0 Å². The molecule has 1 atom stereocenters. The minimum atomic E-state index is -5.39. The van der Waals surface area contributed by atoms with Gasteiger partial charge in [-0.05, 0) is 33.0 Å². The van der Waals surface area contributed by atoms with E-state index in [2.05, 4.69) is 11.6 Å². The van der Waals surface area contributed by atoms with Crippen molar-refractivity contribution in [3.05, 3.63) is 32.8 Å². The van der Waals surface area contributed by atoms with Gasteiger partial charge in [0.15, 0.2) is 4.77 Å². The van der Waals surface area contributed by atoms with Gasteiger partial charge >= 0.3 is 13.9 Å². The molecule has 0 fully saturated rings. The topological polar surface area (TPSA) is 114 Å². The van der Waals surface area contributed by atoms with Gasteiger partial charge in [-0.15, -0.1) is 0 Å². The lowest BCUT2D eigenvalue weighted by Gasteiger charge is -2.33. The molecule has 0 aromatic carbocycles. The summed E-state index contributed by atoms with van der Waals surface area (Å²) in [6, 6.07) is 0. The van der Waals surface area contributed by atoms with E-state index >= 15 is 0 Å². The molecule has 9 nitrogen and oxygen atoms in total. The summed E-state index contributed by atoms with van der Waals surface area (Å²) in [7, 11) is -4.63. The Morgan fingerprint density at radius 3 is 2.31 bits per heavy atom. The normalized spacial score (nSPS) is 19.2. The van der Waals surface area contributed by atoms with Gasteiger partial charge in [0.05, 0.1) is 18.8 Å². The molecule has 3 N–H and O–H groups in total. The summed E-state index contributed by atoms with van der Waals surface area (Å²) in [5.74, 6) is -2.14. The molecule has 1 amide bonds. The summed E-state index contributed by atoms with van der Waals surface area (Å²) in [6.45, 7) is 7.39. The van der Waals surface area contributed by atoms with Crippen molar-refractivity contribution in [2.24, 2.45) is 0 Å². The van der Waals surface area contributed by atoms with Gasteiger partial charge < -0.3 is 9.88 Å². The minimum Gasteiger partial charge on any atom is -0.309 e. The van der Waals surface area contributed by atoms with Crippen LogP contribution in [-0.2, 0) is 30.5 Å². The van der Waals surface area contributed by atoms with E-state index in [1.807, 2.05) is 5.32 Å². The van der Waals surface area contributed by atoms with Gasteiger partial charge in [-0.25, -0.2) is 4.57 Å². The van der Waals surface area contributed by atoms with Crippen LogP contribution in [0.1, 0.15) is 26.3 Å². The minimum absolute atomic E-state index is 0.0687. The van der Waals surface area contributed by atoms with Crippen LogP contribution in [0.4, 0.5) is 19.0 Å². The largest absolute Gasteiger partial charge is 0.420 e. The molecule has 29 heavy (non-hydrogen) atoms. The van der Waals surface area contributed by atoms with Crippen molar-refractivity contribution in [3.8, 4) is 0 Å². The number of amides is 1. The van der Waals surface area contributed by atoms with E-state index in [4.69, 9.17) is 21.3 Å². The molecule has 1 unspecified atom stereocenters. The van der Waals surface area contributed by atoms with Crippen LogP contribution in [0.25, 0.3) is 0 Å². The maximum atomic E-state index is 14.3. The van der Waals surface area contributed by atoms with E-state index in [0.29, 0.717) is 5.57 Å². The Bertz CT molecular complexity index is 995. The molecule has 1 aromatic rings. The highest BCUT2D eigenvalue weighted by molar-refractivity contribution is 7.71. The molecule has 2 heterocycles. The first-order chi connectivity index (χ1) is 13.3. The fourth-order valence-corrected chi connectivity index (χ4v) is 4.76. The first-order valence-corrected chi connectivity index (χ1v) is 10.4. The molecule has 0 saturated carbocycles. The number of hydrogen-bond donors (Lipinski definition) is 3. The zero-order chi connectivity index (χ0) is 22.2. The van der Waals surface area contributed by atoms with Crippen molar-refractivity contribution in [2.45, 2.75) is 39.0 Å². The molecule has 1 aromatic heterocycles.